The second-order valence-corrected chi connectivity index (χ2v) is 8.51. The lowest BCUT2D eigenvalue weighted by atomic mass is 9.86. The molecule has 1 aliphatic rings. The predicted molar refractivity (Wildman–Crippen MR) is 115 cm³/mol. The molecule has 1 fully saturated rings. The molecule has 162 valence electrons. The SMILES string of the molecule is CCn1c(CC(=O)Nc2ccccc2F)nnc1SCC(=O)N[C@@H]1CCCC[C@@H]1C. The summed E-state index contributed by atoms with van der Waals surface area (Å²) >= 11 is 1.31. The van der Waals surface area contributed by atoms with E-state index in [9.17, 15) is 14.0 Å². The summed E-state index contributed by atoms with van der Waals surface area (Å²) in [5.74, 6) is 0.369. The molecule has 7 nitrogen and oxygen atoms in total. The summed E-state index contributed by atoms with van der Waals surface area (Å²) in [6.07, 6.45) is 4.55. The van der Waals surface area contributed by atoms with Gasteiger partial charge in [-0.15, -0.1) is 10.2 Å². The van der Waals surface area contributed by atoms with Crippen molar-refractivity contribution < 1.29 is 14.0 Å². The normalized spacial score (nSPS) is 18.8. The molecule has 1 aromatic heterocycles. The van der Waals surface area contributed by atoms with Gasteiger partial charge in [0.2, 0.25) is 11.8 Å². The number of nitrogens with zero attached hydrogens (tertiary/aromatic N) is 3. The minimum atomic E-state index is -0.489. The van der Waals surface area contributed by atoms with Gasteiger partial charge in [-0.25, -0.2) is 4.39 Å². The van der Waals surface area contributed by atoms with E-state index in [0.717, 1.165) is 19.3 Å². The Balaban J connectivity index is 1.55. The van der Waals surface area contributed by atoms with Gasteiger partial charge in [-0.1, -0.05) is 43.7 Å². The molecule has 9 heteroatoms. The van der Waals surface area contributed by atoms with Gasteiger partial charge in [-0.05, 0) is 37.8 Å². The third-order valence-corrected chi connectivity index (χ3v) is 6.33. The van der Waals surface area contributed by atoms with Gasteiger partial charge in [0.15, 0.2) is 5.16 Å². The van der Waals surface area contributed by atoms with E-state index in [4.69, 9.17) is 0 Å². The molecular weight excluding hydrogens is 405 g/mol. The first-order chi connectivity index (χ1) is 14.5. The number of thioether (sulfide) groups is 1. The Bertz CT molecular complexity index is 888. The van der Waals surface area contributed by atoms with Gasteiger partial charge in [0.05, 0.1) is 17.9 Å². The summed E-state index contributed by atoms with van der Waals surface area (Å²) < 4.78 is 15.5. The molecule has 1 aromatic carbocycles. The molecule has 1 saturated carbocycles. The van der Waals surface area contributed by atoms with E-state index in [1.54, 1.807) is 12.1 Å². The highest BCUT2D eigenvalue weighted by Gasteiger charge is 2.23. The number of amides is 2. The molecule has 0 radical (unpaired) electrons. The third-order valence-electron chi connectivity index (χ3n) is 5.37. The maximum absolute atomic E-state index is 13.7. The molecule has 3 rings (SSSR count). The highest BCUT2D eigenvalue weighted by molar-refractivity contribution is 7.99. The fourth-order valence-electron chi connectivity index (χ4n) is 3.68. The monoisotopic (exact) mass is 433 g/mol. The topological polar surface area (TPSA) is 88.9 Å². The number of nitrogens with one attached hydrogen (secondary N) is 2. The van der Waals surface area contributed by atoms with E-state index < -0.39 is 5.82 Å². The van der Waals surface area contributed by atoms with Crippen LogP contribution in [0.5, 0.6) is 0 Å². The summed E-state index contributed by atoms with van der Waals surface area (Å²) in [7, 11) is 0. The Morgan fingerprint density at radius 3 is 2.70 bits per heavy atom. The van der Waals surface area contributed by atoms with Crippen LogP contribution in [0.1, 0.15) is 45.4 Å². The number of anilines is 1. The number of halogens is 1. The second kappa shape index (κ2) is 10.6. The molecule has 1 heterocycles. The molecule has 0 bridgehead atoms. The van der Waals surface area contributed by atoms with Gasteiger partial charge >= 0.3 is 0 Å². The molecule has 30 heavy (non-hydrogen) atoms. The van der Waals surface area contributed by atoms with Crippen LogP contribution in [0.25, 0.3) is 0 Å². The number of hydrogen-bond acceptors (Lipinski definition) is 5. The summed E-state index contributed by atoms with van der Waals surface area (Å²) in [6.45, 7) is 4.68. The minimum Gasteiger partial charge on any atom is -0.352 e. The summed E-state index contributed by atoms with van der Waals surface area (Å²) in [5, 5.41) is 14.5. The Kier molecular flexibility index (Phi) is 7.84. The maximum atomic E-state index is 13.7. The van der Waals surface area contributed by atoms with Crippen molar-refractivity contribution in [3.05, 3.63) is 35.9 Å². The van der Waals surface area contributed by atoms with E-state index >= 15 is 0 Å². The van der Waals surface area contributed by atoms with Crippen molar-refractivity contribution in [3.63, 3.8) is 0 Å². The Morgan fingerprint density at radius 1 is 1.20 bits per heavy atom. The van der Waals surface area contributed by atoms with Gasteiger partial charge in [0.1, 0.15) is 11.6 Å². The molecule has 0 unspecified atom stereocenters. The molecular formula is C21H28FN5O2S. The van der Waals surface area contributed by atoms with Crippen LogP contribution in [0, 0.1) is 11.7 Å². The number of hydrogen-bond donors (Lipinski definition) is 2. The van der Waals surface area contributed by atoms with Crippen molar-refractivity contribution in [2.24, 2.45) is 5.92 Å². The lowest BCUT2D eigenvalue weighted by molar-refractivity contribution is -0.120. The minimum absolute atomic E-state index is 0.0109. The zero-order valence-corrected chi connectivity index (χ0v) is 18.2. The fourth-order valence-corrected chi connectivity index (χ4v) is 4.52. The highest BCUT2D eigenvalue weighted by Crippen LogP contribution is 2.24. The summed E-state index contributed by atoms with van der Waals surface area (Å²) in [4.78, 5) is 24.7. The van der Waals surface area contributed by atoms with Crippen LogP contribution in [0.4, 0.5) is 10.1 Å². The zero-order valence-electron chi connectivity index (χ0n) is 17.4. The van der Waals surface area contributed by atoms with Crippen molar-refractivity contribution in [2.45, 2.75) is 63.7 Å². The number of para-hydroxylation sites is 1. The second-order valence-electron chi connectivity index (χ2n) is 7.57. The highest BCUT2D eigenvalue weighted by atomic mass is 32.2. The first-order valence-corrected chi connectivity index (χ1v) is 11.3. The molecule has 2 aromatic rings. The van der Waals surface area contributed by atoms with Crippen LogP contribution in [-0.4, -0.2) is 38.4 Å². The van der Waals surface area contributed by atoms with Crippen molar-refractivity contribution >= 4 is 29.3 Å². The van der Waals surface area contributed by atoms with E-state index in [2.05, 4.69) is 27.8 Å². The average Bonchev–Trinajstić information content (AvgIpc) is 3.11. The lowest BCUT2D eigenvalue weighted by Gasteiger charge is -2.29. The molecule has 2 amide bonds. The fraction of sp³-hybridized carbons (Fsp3) is 0.524. The van der Waals surface area contributed by atoms with Crippen LogP contribution >= 0.6 is 11.8 Å². The number of carbonyl (C=O) groups is 2. The quantitative estimate of drug-likeness (QED) is 0.623. The number of rotatable bonds is 8. The molecule has 0 spiro atoms. The van der Waals surface area contributed by atoms with E-state index in [-0.39, 0.29) is 35.7 Å². The van der Waals surface area contributed by atoms with Crippen molar-refractivity contribution in [1.29, 1.82) is 0 Å². The van der Waals surface area contributed by atoms with Gasteiger partial charge in [-0.2, -0.15) is 0 Å². The van der Waals surface area contributed by atoms with Crippen LogP contribution in [0.3, 0.4) is 0 Å². The molecule has 1 aliphatic carbocycles. The molecule has 0 saturated heterocycles. The van der Waals surface area contributed by atoms with E-state index in [1.165, 1.54) is 30.3 Å². The first kappa shape index (κ1) is 22.3. The van der Waals surface area contributed by atoms with Crippen LogP contribution in [0.2, 0.25) is 0 Å². The van der Waals surface area contributed by atoms with Gasteiger partial charge in [0.25, 0.3) is 0 Å². The van der Waals surface area contributed by atoms with E-state index in [1.807, 2.05) is 11.5 Å². The summed E-state index contributed by atoms with van der Waals surface area (Å²) in [6, 6.07) is 6.26. The lowest BCUT2D eigenvalue weighted by Crippen LogP contribution is -2.41. The average molecular weight is 434 g/mol. The van der Waals surface area contributed by atoms with E-state index in [0.29, 0.717) is 23.4 Å². The standard InChI is InChI=1S/C21H28FN5O2S/c1-3-27-18(12-19(28)24-17-11-7-5-9-15(17)22)25-26-21(27)30-13-20(29)23-16-10-6-4-8-14(16)2/h5,7,9,11,14,16H,3-4,6,8,10,12-13H2,1-2H3,(H,23,29)(H,24,28)/t14-,16+/m0/s1. The van der Waals surface area contributed by atoms with Crippen molar-refractivity contribution in [3.8, 4) is 0 Å². The summed E-state index contributed by atoms with van der Waals surface area (Å²) in [5.41, 5.74) is 0.133. The number of aromatic nitrogens is 3. The molecule has 0 aliphatic heterocycles. The van der Waals surface area contributed by atoms with Crippen molar-refractivity contribution in [2.75, 3.05) is 11.1 Å². The largest absolute Gasteiger partial charge is 0.352 e. The maximum Gasteiger partial charge on any atom is 0.232 e. The molecule has 2 N–H and O–H groups in total. The smallest absolute Gasteiger partial charge is 0.232 e. The Morgan fingerprint density at radius 2 is 1.97 bits per heavy atom. The van der Waals surface area contributed by atoms with Crippen molar-refractivity contribution in [1.82, 2.24) is 20.1 Å². The number of carbonyl (C=O) groups excluding carboxylic acids is 2. The Hall–Kier alpha value is -2.42. The van der Waals surface area contributed by atoms with Crippen LogP contribution in [-0.2, 0) is 22.6 Å². The van der Waals surface area contributed by atoms with Gasteiger partial charge in [0, 0.05) is 12.6 Å². The van der Waals surface area contributed by atoms with Crippen LogP contribution < -0.4 is 10.6 Å². The predicted octanol–water partition coefficient (Wildman–Crippen LogP) is 3.41. The van der Waals surface area contributed by atoms with Gasteiger partial charge in [-0.3, -0.25) is 9.59 Å². The third kappa shape index (κ3) is 5.81. The molecule has 2 atom stereocenters. The zero-order chi connectivity index (χ0) is 21.5. The Labute approximate surface area is 180 Å². The van der Waals surface area contributed by atoms with Crippen LogP contribution in [0.15, 0.2) is 29.4 Å². The first-order valence-electron chi connectivity index (χ1n) is 10.4. The number of benzene rings is 1. The van der Waals surface area contributed by atoms with Gasteiger partial charge < -0.3 is 15.2 Å².